The number of likely N-dealkylation sites (N-methyl/N-ethyl adjacent to an activating group) is 1. The third-order valence-corrected chi connectivity index (χ3v) is 2.96. The molecule has 0 aromatic carbocycles. The van der Waals surface area contributed by atoms with Crippen LogP contribution < -0.4 is 0 Å². The second kappa shape index (κ2) is 8.51. The van der Waals surface area contributed by atoms with Crippen LogP contribution in [-0.4, -0.2) is 44.1 Å². The highest BCUT2D eigenvalue weighted by atomic mass is 35.5. The maximum Gasteiger partial charge on any atom is 0.0615 e. The average molecular weight is 222 g/mol. The van der Waals surface area contributed by atoms with Crippen LogP contribution in [0.15, 0.2) is 0 Å². The predicted octanol–water partition coefficient (Wildman–Crippen LogP) is 2.61. The van der Waals surface area contributed by atoms with Crippen molar-refractivity contribution in [3.05, 3.63) is 0 Å². The molecule has 3 heteroatoms. The molecule has 0 rings (SSSR count). The summed E-state index contributed by atoms with van der Waals surface area (Å²) in [7, 11) is 3.90. The molecule has 0 amide bonds. The Balaban J connectivity index is 3.56. The molecule has 2 atom stereocenters. The summed E-state index contributed by atoms with van der Waals surface area (Å²) in [4.78, 5) is 2.34. The maximum absolute atomic E-state index is 5.69. The Bertz CT molecular complexity index is 132. The second-order valence-electron chi connectivity index (χ2n) is 4.16. The van der Waals surface area contributed by atoms with Gasteiger partial charge in [0.25, 0.3) is 0 Å². The van der Waals surface area contributed by atoms with E-state index in [0.717, 1.165) is 31.4 Å². The largest absolute Gasteiger partial charge is 0.383 e. The van der Waals surface area contributed by atoms with E-state index in [0.29, 0.717) is 6.04 Å². The van der Waals surface area contributed by atoms with Crippen LogP contribution in [0.3, 0.4) is 0 Å². The molecule has 0 saturated heterocycles. The summed E-state index contributed by atoms with van der Waals surface area (Å²) in [6.45, 7) is 6.38. The van der Waals surface area contributed by atoms with Gasteiger partial charge in [0.05, 0.1) is 6.61 Å². The van der Waals surface area contributed by atoms with Crippen LogP contribution in [0.5, 0.6) is 0 Å². The molecule has 0 saturated carbocycles. The van der Waals surface area contributed by atoms with Crippen molar-refractivity contribution in [3.8, 4) is 0 Å². The van der Waals surface area contributed by atoms with Crippen molar-refractivity contribution in [2.45, 2.75) is 32.7 Å². The molecule has 0 bridgehead atoms. The molecule has 86 valence electrons. The van der Waals surface area contributed by atoms with Gasteiger partial charge in [0.15, 0.2) is 0 Å². The Morgan fingerprint density at radius 2 is 1.93 bits per heavy atom. The van der Waals surface area contributed by atoms with Gasteiger partial charge in [0.2, 0.25) is 0 Å². The molecule has 0 aliphatic rings. The molecule has 14 heavy (non-hydrogen) atoms. The maximum atomic E-state index is 5.69. The first-order valence-corrected chi connectivity index (χ1v) is 5.90. The lowest BCUT2D eigenvalue weighted by Crippen LogP contribution is -2.34. The molecule has 0 fully saturated rings. The normalized spacial score (nSPS) is 15.9. The quantitative estimate of drug-likeness (QED) is 0.585. The molecule has 0 aliphatic heterocycles. The molecular weight excluding hydrogens is 198 g/mol. The van der Waals surface area contributed by atoms with E-state index in [-0.39, 0.29) is 0 Å². The number of rotatable bonds is 8. The Kier molecular flexibility index (Phi) is 8.64. The van der Waals surface area contributed by atoms with Crippen LogP contribution in [0.25, 0.3) is 0 Å². The van der Waals surface area contributed by atoms with E-state index in [4.69, 9.17) is 16.3 Å². The van der Waals surface area contributed by atoms with Gasteiger partial charge in [-0.3, -0.25) is 0 Å². The number of hydrogen-bond donors (Lipinski definition) is 0. The summed E-state index contributed by atoms with van der Waals surface area (Å²) < 4.78 is 5.12. The van der Waals surface area contributed by atoms with Crippen molar-refractivity contribution >= 4 is 11.6 Å². The highest BCUT2D eigenvalue weighted by Gasteiger charge is 2.09. The molecular formula is C11H24ClNO. The number of methoxy groups -OCH3 is 1. The fourth-order valence-electron chi connectivity index (χ4n) is 1.34. The zero-order valence-corrected chi connectivity index (χ0v) is 10.7. The Morgan fingerprint density at radius 3 is 2.43 bits per heavy atom. The van der Waals surface area contributed by atoms with Crippen molar-refractivity contribution in [2.24, 2.45) is 5.92 Å². The molecule has 0 aromatic rings. The first kappa shape index (κ1) is 14.2. The fourth-order valence-corrected chi connectivity index (χ4v) is 1.72. The Morgan fingerprint density at radius 1 is 1.29 bits per heavy atom. The Hall–Kier alpha value is 0.210. The molecule has 0 N–H and O–H groups in total. The Labute approximate surface area is 93.6 Å². The third kappa shape index (κ3) is 6.63. The van der Waals surface area contributed by atoms with Crippen molar-refractivity contribution in [1.82, 2.24) is 4.90 Å². The topological polar surface area (TPSA) is 12.5 Å². The molecule has 0 spiro atoms. The molecule has 0 aromatic heterocycles. The summed E-state index contributed by atoms with van der Waals surface area (Å²) in [5, 5.41) is 0. The van der Waals surface area contributed by atoms with Crippen LogP contribution in [0.4, 0.5) is 0 Å². The standard InChI is InChI=1S/C11H24ClNO/c1-10(5-7-12)6-8-13(3)11(2)9-14-4/h10-11H,5-9H2,1-4H3. The minimum absolute atomic E-state index is 0.503. The first-order valence-electron chi connectivity index (χ1n) is 5.37. The number of halogens is 1. The van der Waals surface area contributed by atoms with Crippen LogP contribution in [0.1, 0.15) is 26.7 Å². The van der Waals surface area contributed by atoms with Crippen LogP contribution in [-0.2, 0) is 4.74 Å². The minimum atomic E-state index is 0.503. The summed E-state index contributed by atoms with van der Waals surface area (Å²) in [5.41, 5.74) is 0. The average Bonchev–Trinajstić information content (AvgIpc) is 2.15. The van der Waals surface area contributed by atoms with Gasteiger partial charge in [-0.1, -0.05) is 6.92 Å². The van der Waals surface area contributed by atoms with Crippen LogP contribution >= 0.6 is 11.6 Å². The fraction of sp³-hybridized carbons (Fsp3) is 1.00. The first-order chi connectivity index (χ1) is 6.61. The smallest absolute Gasteiger partial charge is 0.0615 e. The number of alkyl halides is 1. The summed E-state index contributed by atoms with van der Waals surface area (Å²) >= 11 is 5.69. The summed E-state index contributed by atoms with van der Waals surface area (Å²) in [6.07, 6.45) is 2.34. The van der Waals surface area contributed by atoms with E-state index in [9.17, 15) is 0 Å². The monoisotopic (exact) mass is 221 g/mol. The van der Waals surface area contributed by atoms with Gasteiger partial charge in [-0.2, -0.15) is 0 Å². The zero-order chi connectivity index (χ0) is 11.0. The van der Waals surface area contributed by atoms with E-state index in [1.807, 2.05) is 0 Å². The van der Waals surface area contributed by atoms with E-state index in [1.54, 1.807) is 7.11 Å². The summed E-state index contributed by atoms with van der Waals surface area (Å²) in [6, 6.07) is 0.503. The van der Waals surface area contributed by atoms with E-state index < -0.39 is 0 Å². The third-order valence-electron chi connectivity index (χ3n) is 2.74. The highest BCUT2D eigenvalue weighted by molar-refractivity contribution is 6.17. The van der Waals surface area contributed by atoms with Crippen molar-refractivity contribution in [1.29, 1.82) is 0 Å². The number of ether oxygens (including phenoxy) is 1. The highest BCUT2D eigenvalue weighted by Crippen LogP contribution is 2.10. The van der Waals surface area contributed by atoms with Gasteiger partial charge in [-0.25, -0.2) is 0 Å². The molecule has 0 heterocycles. The zero-order valence-electron chi connectivity index (χ0n) is 9.92. The van der Waals surface area contributed by atoms with Gasteiger partial charge >= 0.3 is 0 Å². The van der Waals surface area contributed by atoms with Crippen LogP contribution in [0, 0.1) is 5.92 Å². The lowest BCUT2D eigenvalue weighted by molar-refractivity contribution is 0.112. The lowest BCUT2D eigenvalue weighted by atomic mass is 10.0. The molecule has 0 aliphatic carbocycles. The molecule has 0 radical (unpaired) electrons. The number of nitrogens with zero attached hydrogens (tertiary/aromatic N) is 1. The van der Waals surface area contributed by atoms with Crippen LogP contribution in [0.2, 0.25) is 0 Å². The van der Waals surface area contributed by atoms with Crippen molar-refractivity contribution in [3.63, 3.8) is 0 Å². The lowest BCUT2D eigenvalue weighted by Gasteiger charge is -2.25. The van der Waals surface area contributed by atoms with Gasteiger partial charge in [-0.05, 0) is 39.3 Å². The van der Waals surface area contributed by atoms with Crippen molar-refractivity contribution in [2.75, 3.05) is 33.2 Å². The second-order valence-corrected chi connectivity index (χ2v) is 4.53. The number of hydrogen-bond acceptors (Lipinski definition) is 2. The van der Waals surface area contributed by atoms with E-state index in [2.05, 4.69) is 25.8 Å². The van der Waals surface area contributed by atoms with Gasteiger partial charge in [0, 0.05) is 19.0 Å². The van der Waals surface area contributed by atoms with E-state index in [1.165, 1.54) is 6.42 Å². The minimum Gasteiger partial charge on any atom is -0.383 e. The SMILES string of the molecule is COCC(C)N(C)CCC(C)CCCl. The molecule has 2 unspecified atom stereocenters. The van der Waals surface area contributed by atoms with Gasteiger partial charge in [0.1, 0.15) is 0 Å². The van der Waals surface area contributed by atoms with Gasteiger partial charge in [-0.15, -0.1) is 11.6 Å². The summed E-state index contributed by atoms with van der Waals surface area (Å²) in [5.74, 6) is 1.50. The van der Waals surface area contributed by atoms with E-state index >= 15 is 0 Å². The predicted molar refractivity (Wildman–Crippen MR) is 63.1 cm³/mol. The van der Waals surface area contributed by atoms with Gasteiger partial charge < -0.3 is 9.64 Å². The van der Waals surface area contributed by atoms with Crippen molar-refractivity contribution < 1.29 is 4.74 Å². The molecule has 2 nitrogen and oxygen atoms in total.